The maximum atomic E-state index is 14.7. The van der Waals surface area contributed by atoms with Gasteiger partial charge in [-0.2, -0.15) is 0 Å². The van der Waals surface area contributed by atoms with Gasteiger partial charge in [-0.05, 0) is 24.6 Å². The number of methoxy groups -OCH3 is 1. The number of alkyl halides is 2. The summed E-state index contributed by atoms with van der Waals surface area (Å²) in [6.07, 6.45) is 2.38. The van der Waals surface area contributed by atoms with Crippen LogP contribution in [0.15, 0.2) is 63.7 Å². The SMILES string of the molecule is COC(=O)C1=C(CN2CC(F)(F)CC2C(=O)Nc2nccs2)NC(c2nccs2)=NC1(C)c1ccc(F)cc1. The fraction of sp³-hybridized carbons (Fsp3) is 0.320. The molecule has 2 aliphatic heterocycles. The average Bonchev–Trinajstić information content (AvgIpc) is 3.66. The zero-order valence-electron chi connectivity index (χ0n) is 20.8. The lowest BCUT2D eigenvalue weighted by Gasteiger charge is -2.36. The lowest BCUT2D eigenvalue weighted by Crippen LogP contribution is -2.47. The highest BCUT2D eigenvalue weighted by Gasteiger charge is 2.50. The summed E-state index contributed by atoms with van der Waals surface area (Å²) in [6.45, 7) is 0.725. The van der Waals surface area contributed by atoms with Gasteiger partial charge in [0.15, 0.2) is 16.0 Å². The second-order valence-corrected chi connectivity index (χ2v) is 10.9. The van der Waals surface area contributed by atoms with Crippen LogP contribution in [-0.4, -0.2) is 64.7 Å². The number of amides is 1. The summed E-state index contributed by atoms with van der Waals surface area (Å²) in [6, 6.07) is 4.29. The third-order valence-corrected chi connectivity index (χ3v) is 7.99. The number of benzene rings is 1. The molecular weight excluding hydrogens is 553 g/mol. The number of hydrogen-bond acceptors (Lipinski definition) is 10. The van der Waals surface area contributed by atoms with E-state index in [1.807, 2.05) is 0 Å². The van der Waals surface area contributed by atoms with Gasteiger partial charge in [0, 0.05) is 41.8 Å². The smallest absolute Gasteiger partial charge is 0.338 e. The molecule has 0 bridgehead atoms. The largest absolute Gasteiger partial charge is 0.466 e. The molecule has 2 N–H and O–H groups in total. The molecule has 0 spiro atoms. The fourth-order valence-corrected chi connectivity index (χ4v) is 5.87. The van der Waals surface area contributed by atoms with Crippen LogP contribution in [0.3, 0.4) is 0 Å². The number of ether oxygens (including phenoxy) is 1. The number of aliphatic imine (C=N–C) groups is 1. The molecule has 2 unspecified atom stereocenters. The van der Waals surface area contributed by atoms with E-state index in [0.717, 1.165) is 0 Å². The Morgan fingerprint density at radius 2 is 1.90 bits per heavy atom. The Morgan fingerprint density at radius 3 is 2.54 bits per heavy atom. The first kappa shape index (κ1) is 27.0. The maximum Gasteiger partial charge on any atom is 0.338 e. The number of halogens is 3. The molecule has 3 aromatic rings. The van der Waals surface area contributed by atoms with Gasteiger partial charge in [-0.1, -0.05) is 12.1 Å². The van der Waals surface area contributed by atoms with Crippen LogP contribution in [0.5, 0.6) is 0 Å². The number of carbonyl (C=O) groups is 2. The minimum atomic E-state index is -3.14. The molecular formula is C25H23F3N6O3S2. The van der Waals surface area contributed by atoms with E-state index in [1.54, 1.807) is 23.9 Å². The first-order chi connectivity index (χ1) is 18.6. The summed E-state index contributed by atoms with van der Waals surface area (Å²) in [5.74, 6) is -4.70. The van der Waals surface area contributed by atoms with Crippen LogP contribution in [0, 0.1) is 5.82 Å². The number of aromatic nitrogens is 2. The zero-order chi connectivity index (χ0) is 27.8. The van der Waals surface area contributed by atoms with E-state index in [0.29, 0.717) is 21.5 Å². The van der Waals surface area contributed by atoms with E-state index in [1.165, 1.54) is 65.1 Å². The summed E-state index contributed by atoms with van der Waals surface area (Å²) in [7, 11) is 1.20. The molecule has 2 aliphatic rings. The van der Waals surface area contributed by atoms with Crippen molar-refractivity contribution in [3.8, 4) is 0 Å². The van der Waals surface area contributed by atoms with Crippen molar-refractivity contribution in [3.05, 3.63) is 75.1 Å². The highest BCUT2D eigenvalue weighted by molar-refractivity contribution is 7.13. The van der Waals surface area contributed by atoms with Gasteiger partial charge in [-0.3, -0.25) is 9.69 Å². The van der Waals surface area contributed by atoms with Crippen LogP contribution in [0.25, 0.3) is 0 Å². The van der Waals surface area contributed by atoms with Crippen LogP contribution in [0.2, 0.25) is 0 Å². The van der Waals surface area contributed by atoms with Crippen molar-refractivity contribution in [2.75, 3.05) is 25.5 Å². The number of carbonyl (C=O) groups excluding carboxylic acids is 2. The topological polar surface area (TPSA) is 109 Å². The summed E-state index contributed by atoms with van der Waals surface area (Å²) in [5, 5.41) is 9.87. The third-order valence-electron chi connectivity index (χ3n) is 6.52. The summed E-state index contributed by atoms with van der Waals surface area (Å²) in [5.41, 5.74) is -0.643. The minimum absolute atomic E-state index is 0.0474. The maximum absolute atomic E-state index is 14.7. The predicted molar refractivity (Wildman–Crippen MR) is 140 cm³/mol. The van der Waals surface area contributed by atoms with E-state index >= 15 is 0 Å². The summed E-state index contributed by atoms with van der Waals surface area (Å²) in [4.78, 5) is 40.7. The molecule has 204 valence electrons. The summed E-state index contributed by atoms with van der Waals surface area (Å²) < 4.78 is 48.3. The minimum Gasteiger partial charge on any atom is -0.466 e. The van der Waals surface area contributed by atoms with Gasteiger partial charge in [0.25, 0.3) is 5.92 Å². The molecule has 0 radical (unpaired) electrons. The Kier molecular flexibility index (Phi) is 7.27. The van der Waals surface area contributed by atoms with E-state index < -0.39 is 48.2 Å². The van der Waals surface area contributed by atoms with Crippen LogP contribution >= 0.6 is 22.7 Å². The number of rotatable bonds is 7. The number of thiazole rings is 2. The van der Waals surface area contributed by atoms with Crippen LogP contribution in [0.1, 0.15) is 23.9 Å². The third kappa shape index (κ3) is 5.44. The van der Waals surface area contributed by atoms with Crippen LogP contribution < -0.4 is 10.6 Å². The Hall–Kier alpha value is -3.62. The molecule has 1 fully saturated rings. The zero-order valence-corrected chi connectivity index (χ0v) is 22.4. The Bertz CT molecular complexity index is 1430. The second-order valence-electron chi connectivity index (χ2n) is 9.15. The monoisotopic (exact) mass is 576 g/mol. The van der Waals surface area contributed by atoms with E-state index in [-0.39, 0.29) is 17.8 Å². The predicted octanol–water partition coefficient (Wildman–Crippen LogP) is 3.78. The summed E-state index contributed by atoms with van der Waals surface area (Å²) >= 11 is 2.46. The molecule has 2 aromatic heterocycles. The standard InChI is InChI=1S/C25H23F3N6O3S2/c1-24(14-3-5-15(26)6-4-14)18(22(36)37-2)16(31-19(33-24)21-29-7-9-38-21)12-34-13-25(27,28)11-17(34)20(35)32-23-30-8-10-39-23/h3-10,17H,11-13H2,1-2H3,(H,31,33)(H,30,32,35). The van der Waals surface area contributed by atoms with Gasteiger partial charge < -0.3 is 15.4 Å². The number of nitrogens with one attached hydrogen (secondary N) is 2. The van der Waals surface area contributed by atoms with Gasteiger partial charge in [0.2, 0.25) is 5.91 Å². The highest BCUT2D eigenvalue weighted by atomic mass is 32.1. The van der Waals surface area contributed by atoms with Gasteiger partial charge in [0.1, 0.15) is 11.4 Å². The van der Waals surface area contributed by atoms with Crippen molar-refractivity contribution in [3.63, 3.8) is 0 Å². The van der Waals surface area contributed by atoms with Gasteiger partial charge >= 0.3 is 5.97 Å². The van der Waals surface area contributed by atoms with Crippen molar-refractivity contribution in [1.82, 2.24) is 20.2 Å². The highest BCUT2D eigenvalue weighted by Crippen LogP contribution is 2.40. The van der Waals surface area contributed by atoms with Crippen molar-refractivity contribution >= 4 is 45.5 Å². The quantitative estimate of drug-likeness (QED) is 0.412. The number of likely N-dealkylation sites (tertiary alicyclic amines) is 1. The van der Waals surface area contributed by atoms with Crippen molar-refractivity contribution in [1.29, 1.82) is 0 Å². The molecule has 0 aliphatic carbocycles. The molecule has 39 heavy (non-hydrogen) atoms. The molecule has 1 saturated heterocycles. The number of esters is 1. The molecule has 2 atom stereocenters. The first-order valence-corrected chi connectivity index (χ1v) is 13.5. The van der Waals surface area contributed by atoms with Gasteiger partial charge in [0.05, 0.1) is 25.3 Å². The Morgan fingerprint density at radius 1 is 1.18 bits per heavy atom. The second kappa shape index (κ2) is 10.5. The average molecular weight is 577 g/mol. The van der Waals surface area contributed by atoms with Crippen molar-refractivity contribution < 1.29 is 27.5 Å². The molecule has 1 aromatic carbocycles. The van der Waals surface area contributed by atoms with E-state index in [4.69, 9.17) is 9.73 Å². The molecule has 9 nitrogen and oxygen atoms in total. The van der Waals surface area contributed by atoms with E-state index in [2.05, 4.69) is 20.6 Å². The fourth-order valence-electron chi connectivity index (χ4n) is 4.76. The molecule has 5 rings (SSSR count). The molecule has 1 amide bonds. The number of amidine groups is 1. The molecule has 4 heterocycles. The van der Waals surface area contributed by atoms with Crippen molar-refractivity contribution in [2.45, 2.75) is 30.8 Å². The Balaban J connectivity index is 1.58. The normalized spacial score (nSPS) is 22.8. The van der Waals surface area contributed by atoms with Crippen LogP contribution in [0.4, 0.5) is 18.3 Å². The number of hydrogen-bond donors (Lipinski definition) is 2. The van der Waals surface area contributed by atoms with Gasteiger partial charge in [-0.25, -0.2) is 32.9 Å². The number of nitrogens with zero attached hydrogens (tertiary/aromatic N) is 4. The Labute approximate surface area is 229 Å². The lowest BCUT2D eigenvalue weighted by molar-refractivity contribution is -0.137. The van der Waals surface area contributed by atoms with Crippen LogP contribution in [-0.2, 0) is 19.9 Å². The lowest BCUT2D eigenvalue weighted by atomic mass is 9.82. The van der Waals surface area contributed by atoms with Gasteiger partial charge in [-0.15, -0.1) is 22.7 Å². The molecule has 0 saturated carbocycles. The molecule has 14 heteroatoms. The van der Waals surface area contributed by atoms with E-state index in [9.17, 15) is 22.8 Å². The van der Waals surface area contributed by atoms with Crippen molar-refractivity contribution in [2.24, 2.45) is 4.99 Å². The first-order valence-electron chi connectivity index (χ1n) is 11.8. The number of anilines is 1.